The molecule has 2 aromatic rings. The van der Waals surface area contributed by atoms with Crippen LogP contribution >= 0.6 is 27.5 Å². The molecule has 2 rings (SSSR count). The highest BCUT2D eigenvalue weighted by molar-refractivity contribution is 9.10. The van der Waals surface area contributed by atoms with Crippen LogP contribution in [0.3, 0.4) is 0 Å². The molecule has 0 fully saturated rings. The summed E-state index contributed by atoms with van der Waals surface area (Å²) in [7, 11) is 2.05. The molecule has 0 saturated heterocycles. The number of rotatable bonds is 4. The Morgan fingerprint density at radius 2 is 2.29 bits per heavy atom. The Morgan fingerprint density at radius 1 is 1.47 bits per heavy atom. The fourth-order valence-corrected chi connectivity index (χ4v) is 2.20. The first-order valence-corrected chi connectivity index (χ1v) is 6.41. The number of benzene rings is 1. The Labute approximate surface area is 114 Å². The van der Waals surface area contributed by atoms with Gasteiger partial charge in [-0.15, -0.1) is 0 Å². The second kappa shape index (κ2) is 5.67. The second-order valence-corrected chi connectivity index (χ2v) is 5.34. The molecule has 0 atom stereocenters. The number of hydrogen-bond donors (Lipinski definition) is 0. The summed E-state index contributed by atoms with van der Waals surface area (Å²) in [6.07, 6.45) is 3.74. The van der Waals surface area contributed by atoms with Gasteiger partial charge in [-0.2, -0.15) is 5.10 Å². The number of aromatic nitrogens is 2. The Bertz CT molecular complexity index is 498. The first kappa shape index (κ1) is 12.6. The summed E-state index contributed by atoms with van der Waals surface area (Å²) in [5, 5.41) is 4.99. The Hall–Kier alpha value is -0.840. The molecule has 0 bridgehead atoms. The molecular weight excluding hydrogens is 302 g/mol. The standard InChI is InChI=1S/C12H13BrClN3/c1-16(9-17-8-11(13)6-15-17)7-10-3-2-4-12(14)5-10/h2-6,8H,7,9H2,1H3. The van der Waals surface area contributed by atoms with Gasteiger partial charge in [0.15, 0.2) is 0 Å². The molecule has 1 aromatic heterocycles. The summed E-state index contributed by atoms with van der Waals surface area (Å²) < 4.78 is 2.88. The molecule has 0 radical (unpaired) electrons. The summed E-state index contributed by atoms with van der Waals surface area (Å²) in [4.78, 5) is 2.17. The van der Waals surface area contributed by atoms with Gasteiger partial charge in [0.1, 0.15) is 0 Å². The van der Waals surface area contributed by atoms with Crippen molar-refractivity contribution >= 4 is 27.5 Å². The van der Waals surface area contributed by atoms with Crippen molar-refractivity contribution in [3.63, 3.8) is 0 Å². The molecule has 0 spiro atoms. The van der Waals surface area contributed by atoms with Gasteiger partial charge in [0.2, 0.25) is 0 Å². The van der Waals surface area contributed by atoms with Crippen LogP contribution in [0.15, 0.2) is 41.1 Å². The van der Waals surface area contributed by atoms with E-state index in [0.717, 1.165) is 22.7 Å². The Kier molecular flexibility index (Phi) is 4.20. The van der Waals surface area contributed by atoms with Gasteiger partial charge in [0, 0.05) is 17.8 Å². The van der Waals surface area contributed by atoms with Gasteiger partial charge in [0.05, 0.1) is 17.3 Å². The summed E-state index contributed by atoms with van der Waals surface area (Å²) in [6.45, 7) is 1.59. The highest BCUT2D eigenvalue weighted by atomic mass is 79.9. The average molecular weight is 315 g/mol. The van der Waals surface area contributed by atoms with Crippen LogP contribution in [0.2, 0.25) is 5.02 Å². The molecule has 0 aliphatic carbocycles. The van der Waals surface area contributed by atoms with Crippen LogP contribution in [0.25, 0.3) is 0 Å². The average Bonchev–Trinajstić information content (AvgIpc) is 2.63. The largest absolute Gasteiger partial charge is 0.283 e. The summed E-state index contributed by atoms with van der Waals surface area (Å²) >= 11 is 9.33. The molecule has 0 aliphatic rings. The lowest BCUT2D eigenvalue weighted by molar-refractivity contribution is 0.246. The van der Waals surface area contributed by atoms with E-state index in [1.807, 2.05) is 29.1 Å². The number of nitrogens with zero attached hydrogens (tertiary/aromatic N) is 3. The van der Waals surface area contributed by atoms with E-state index in [0.29, 0.717) is 0 Å². The van der Waals surface area contributed by atoms with Gasteiger partial charge < -0.3 is 0 Å². The van der Waals surface area contributed by atoms with Crippen molar-refractivity contribution in [3.05, 3.63) is 51.7 Å². The minimum absolute atomic E-state index is 0.748. The Morgan fingerprint density at radius 3 is 2.94 bits per heavy atom. The third kappa shape index (κ3) is 3.84. The molecule has 0 amide bonds. The summed E-state index contributed by atoms with van der Waals surface area (Å²) in [5.74, 6) is 0. The van der Waals surface area contributed by atoms with Gasteiger partial charge in [-0.05, 0) is 40.7 Å². The minimum Gasteiger partial charge on any atom is -0.283 e. The molecule has 0 unspecified atom stereocenters. The van der Waals surface area contributed by atoms with Crippen molar-refractivity contribution < 1.29 is 0 Å². The van der Waals surface area contributed by atoms with E-state index in [9.17, 15) is 0 Å². The van der Waals surface area contributed by atoms with Crippen LogP contribution in [0.4, 0.5) is 0 Å². The Balaban J connectivity index is 1.95. The van der Waals surface area contributed by atoms with E-state index in [4.69, 9.17) is 11.6 Å². The fraction of sp³-hybridized carbons (Fsp3) is 0.250. The zero-order valence-electron chi connectivity index (χ0n) is 9.48. The lowest BCUT2D eigenvalue weighted by Crippen LogP contribution is -2.21. The van der Waals surface area contributed by atoms with E-state index in [1.165, 1.54) is 5.56 Å². The number of halogens is 2. The SMILES string of the molecule is CN(Cc1cccc(Cl)c1)Cn1cc(Br)cn1. The van der Waals surface area contributed by atoms with Crippen LogP contribution in [0, 0.1) is 0 Å². The van der Waals surface area contributed by atoms with E-state index >= 15 is 0 Å². The van der Waals surface area contributed by atoms with Crippen molar-refractivity contribution in [1.29, 1.82) is 0 Å². The molecule has 5 heteroatoms. The zero-order chi connectivity index (χ0) is 12.3. The molecule has 17 heavy (non-hydrogen) atoms. The van der Waals surface area contributed by atoms with Crippen LogP contribution in [-0.4, -0.2) is 21.7 Å². The van der Waals surface area contributed by atoms with Gasteiger partial charge in [0.25, 0.3) is 0 Å². The van der Waals surface area contributed by atoms with Crippen LogP contribution in [-0.2, 0) is 13.2 Å². The number of hydrogen-bond acceptors (Lipinski definition) is 2. The highest BCUT2D eigenvalue weighted by Crippen LogP contribution is 2.13. The van der Waals surface area contributed by atoms with Crippen LogP contribution in [0.1, 0.15) is 5.56 Å². The van der Waals surface area contributed by atoms with Crippen molar-refractivity contribution in [1.82, 2.24) is 14.7 Å². The third-order valence-corrected chi connectivity index (χ3v) is 2.97. The first-order valence-electron chi connectivity index (χ1n) is 5.24. The van der Waals surface area contributed by atoms with E-state index in [2.05, 4.69) is 39.0 Å². The highest BCUT2D eigenvalue weighted by Gasteiger charge is 2.02. The van der Waals surface area contributed by atoms with Crippen molar-refractivity contribution in [2.75, 3.05) is 7.05 Å². The maximum atomic E-state index is 5.95. The van der Waals surface area contributed by atoms with E-state index in [-0.39, 0.29) is 0 Å². The van der Waals surface area contributed by atoms with Gasteiger partial charge in [-0.3, -0.25) is 9.58 Å². The molecular formula is C12H13BrClN3. The van der Waals surface area contributed by atoms with Crippen molar-refractivity contribution in [2.24, 2.45) is 0 Å². The van der Waals surface area contributed by atoms with E-state index < -0.39 is 0 Å². The normalized spacial score (nSPS) is 11.1. The summed E-state index contributed by atoms with van der Waals surface area (Å²) in [5.41, 5.74) is 1.20. The predicted molar refractivity (Wildman–Crippen MR) is 72.8 cm³/mol. The van der Waals surface area contributed by atoms with Gasteiger partial charge >= 0.3 is 0 Å². The third-order valence-electron chi connectivity index (χ3n) is 2.33. The first-order chi connectivity index (χ1) is 8.13. The maximum Gasteiger partial charge on any atom is 0.0929 e. The fourth-order valence-electron chi connectivity index (χ4n) is 1.66. The molecule has 0 N–H and O–H groups in total. The second-order valence-electron chi connectivity index (χ2n) is 3.98. The topological polar surface area (TPSA) is 21.1 Å². The quantitative estimate of drug-likeness (QED) is 0.862. The minimum atomic E-state index is 0.748. The van der Waals surface area contributed by atoms with Crippen molar-refractivity contribution in [3.8, 4) is 0 Å². The molecule has 0 aliphatic heterocycles. The predicted octanol–water partition coefficient (Wildman–Crippen LogP) is 3.39. The van der Waals surface area contributed by atoms with Gasteiger partial charge in [-0.25, -0.2) is 0 Å². The van der Waals surface area contributed by atoms with Gasteiger partial charge in [-0.1, -0.05) is 23.7 Å². The molecule has 90 valence electrons. The van der Waals surface area contributed by atoms with Crippen LogP contribution < -0.4 is 0 Å². The molecule has 0 saturated carbocycles. The molecule has 1 heterocycles. The molecule has 3 nitrogen and oxygen atoms in total. The zero-order valence-corrected chi connectivity index (χ0v) is 11.8. The lowest BCUT2D eigenvalue weighted by atomic mass is 10.2. The monoisotopic (exact) mass is 313 g/mol. The summed E-state index contributed by atoms with van der Waals surface area (Å²) in [6, 6.07) is 7.91. The maximum absolute atomic E-state index is 5.95. The van der Waals surface area contributed by atoms with Crippen LogP contribution in [0.5, 0.6) is 0 Å². The van der Waals surface area contributed by atoms with E-state index in [1.54, 1.807) is 6.20 Å². The lowest BCUT2D eigenvalue weighted by Gasteiger charge is -2.16. The molecule has 1 aromatic carbocycles. The smallest absolute Gasteiger partial charge is 0.0929 e. The van der Waals surface area contributed by atoms with Crippen molar-refractivity contribution in [2.45, 2.75) is 13.2 Å².